The molecule has 0 amide bonds. The number of ether oxygens (including phenoxy) is 1. The summed E-state index contributed by atoms with van der Waals surface area (Å²) in [7, 11) is 1.33. The molecule has 3 nitrogen and oxygen atoms in total. The Bertz CT molecular complexity index is 348. The van der Waals surface area contributed by atoms with Crippen LogP contribution in [0.1, 0.15) is 6.92 Å². The van der Waals surface area contributed by atoms with Crippen LogP contribution in [-0.2, 0) is 9.53 Å². The Kier molecular flexibility index (Phi) is 4.24. The molecule has 1 rings (SSSR count). The van der Waals surface area contributed by atoms with E-state index in [2.05, 4.69) is 10.1 Å². The summed E-state index contributed by atoms with van der Waals surface area (Å²) in [6.07, 6.45) is 0. The Morgan fingerprint density at radius 2 is 1.93 bits per heavy atom. The van der Waals surface area contributed by atoms with Gasteiger partial charge in [-0.2, -0.15) is 0 Å². The standard InChI is InChI=1S/C10H11Cl2NO2/c1-6(10(14)15-2)13-9-7(11)4-3-5-8(9)12/h3-6,13H,1-2H3. The highest BCUT2D eigenvalue weighted by atomic mass is 35.5. The molecule has 0 aromatic heterocycles. The van der Waals surface area contributed by atoms with E-state index in [0.717, 1.165) is 0 Å². The number of carbonyl (C=O) groups excluding carboxylic acids is 1. The van der Waals surface area contributed by atoms with Crippen LogP contribution in [-0.4, -0.2) is 19.1 Å². The van der Waals surface area contributed by atoms with E-state index in [9.17, 15) is 4.79 Å². The highest BCUT2D eigenvalue weighted by Gasteiger charge is 2.15. The zero-order chi connectivity index (χ0) is 11.4. The molecule has 1 aromatic rings. The highest BCUT2D eigenvalue weighted by molar-refractivity contribution is 6.39. The molecule has 0 saturated carbocycles. The van der Waals surface area contributed by atoms with Gasteiger partial charge in [-0.1, -0.05) is 29.3 Å². The molecule has 15 heavy (non-hydrogen) atoms. The summed E-state index contributed by atoms with van der Waals surface area (Å²) in [5, 5.41) is 3.83. The number of halogens is 2. The fourth-order valence-corrected chi connectivity index (χ4v) is 1.59. The van der Waals surface area contributed by atoms with Crippen LogP contribution < -0.4 is 5.32 Å². The molecule has 1 atom stereocenters. The number of anilines is 1. The number of carbonyl (C=O) groups is 1. The van der Waals surface area contributed by atoms with Crippen LogP contribution in [0.25, 0.3) is 0 Å². The van der Waals surface area contributed by atoms with Gasteiger partial charge in [0.15, 0.2) is 0 Å². The summed E-state index contributed by atoms with van der Waals surface area (Å²) >= 11 is 11.8. The van der Waals surface area contributed by atoms with Crippen molar-refractivity contribution in [1.82, 2.24) is 0 Å². The number of hydrogen-bond acceptors (Lipinski definition) is 3. The van der Waals surface area contributed by atoms with E-state index in [0.29, 0.717) is 15.7 Å². The van der Waals surface area contributed by atoms with Crippen molar-refractivity contribution < 1.29 is 9.53 Å². The molecular weight excluding hydrogens is 237 g/mol. The van der Waals surface area contributed by atoms with E-state index in [4.69, 9.17) is 23.2 Å². The van der Waals surface area contributed by atoms with Gasteiger partial charge in [-0.3, -0.25) is 0 Å². The smallest absolute Gasteiger partial charge is 0.327 e. The van der Waals surface area contributed by atoms with Crippen LogP contribution >= 0.6 is 23.2 Å². The largest absolute Gasteiger partial charge is 0.467 e. The molecule has 1 unspecified atom stereocenters. The van der Waals surface area contributed by atoms with E-state index in [1.165, 1.54) is 7.11 Å². The second-order valence-electron chi connectivity index (χ2n) is 2.99. The molecule has 82 valence electrons. The lowest BCUT2D eigenvalue weighted by Crippen LogP contribution is -2.27. The SMILES string of the molecule is COC(=O)C(C)Nc1c(Cl)cccc1Cl. The molecule has 0 aliphatic heterocycles. The Labute approximate surface area is 98.3 Å². The number of esters is 1. The second kappa shape index (κ2) is 5.24. The second-order valence-corrected chi connectivity index (χ2v) is 3.80. The van der Waals surface area contributed by atoms with Gasteiger partial charge in [0.1, 0.15) is 6.04 Å². The molecule has 0 radical (unpaired) electrons. The lowest BCUT2D eigenvalue weighted by molar-refractivity contribution is -0.141. The summed E-state index contributed by atoms with van der Waals surface area (Å²) in [5.74, 6) is -0.369. The molecule has 1 aromatic carbocycles. The van der Waals surface area contributed by atoms with Crippen LogP contribution in [0, 0.1) is 0 Å². The average Bonchev–Trinajstić information content (AvgIpc) is 2.22. The maximum absolute atomic E-state index is 11.2. The van der Waals surface area contributed by atoms with Gasteiger partial charge in [0.05, 0.1) is 22.8 Å². The first kappa shape index (κ1) is 12.1. The molecule has 0 heterocycles. The Balaban J connectivity index is 2.85. The van der Waals surface area contributed by atoms with Gasteiger partial charge in [0, 0.05) is 0 Å². The van der Waals surface area contributed by atoms with Gasteiger partial charge in [0.25, 0.3) is 0 Å². The molecule has 1 N–H and O–H groups in total. The topological polar surface area (TPSA) is 38.3 Å². The van der Waals surface area contributed by atoms with E-state index in [-0.39, 0.29) is 5.97 Å². The summed E-state index contributed by atoms with van der Waals surface area (Å²) < 4.78 is 4.58. The van der Waals surface area contributed by atoms with Crippen molar-refractivity contribution >= 4 is 34.9 Å². The predicted octanol–water partition coefficient (Wildman–Crippen LogP) is 2.97. The number of methoxy groups -OCH3 is 1. The third kappa shape index (κ3) is 3.01. The van der Waals surface area contributed by atoms with Crippen molar-refractivity contribution in [3.8, 4) is 0 Å². The van der Waals surface area contributed by atoms with Crippen molar-refractivity contribution in [2.45, 2.75) is 13.0 Å². The summed E-state index contributed by atoms with van der Waals surface area (Å²) in [6.45, 7) is 1.67. The van der Waals surface area contributed by atoms with Crippen molar-refractivity contribution in [2.75, 3.05) is 12.4 Å². The van der Waals surface area contributed by atoms with Gasteiger partial charge in [0.2, 0.25) is 0 Å². The minimum absolute atomic E-state index is 0.369. The molecule has 0 aliphatic rings. The first-order valence-electron chi connectivity index (χ1n) is 4.34. The molecule has 5 heteroatoms. The maximum atomic E-state index is 11.2. The van der Waals surface area contributed by atoms with E-state index in [1.807, 2.05) is 0 Å². The van der Waals surface area contributed by atoms with Gasteiger partial charge in [-0.15, -0.1) is 0 Å². The lowest BCUT2D eigenvalue weighted by Gasteiger charge is -2.15. The fraction of sp³-hybridized carbons (Fsp3) is 0.300. The Hall–Kier alpha value is -0.930. The molecule has 0 bridgehead atoms. The number of para-hydroxylation sites is 1. The third-order valence-electron chi connectivity index (χ3n) is 1.88. The van der Waals surface area contributed by atoms with E-state index < -0.39 is 6.04 Å². The number of rotatable bonds is 3. The minimum atomic E-state index is -0.493. The van der Waals surface area contributed by atoms with Gasteiger partial charge in [-0.05, 0) is 19.1 Å². The van der Waals surface area contributed by atoms with Gasteiger partial charge < -0.3 is 10.1 Å². The monoisotopic (exact) mass is 247 g/mol. The van der Waals surface area contributed by atoms with E-state index >= 15 is 0 Å². The normalized spacial score (nSPS) is 12.0. The molecule has 0 spiro atoms. The van der Waals surface area contributed by atoms with Crippen LogP contribution in [0.4, 0.5) is 5.69 Å². The maximum Gasteiger partial charge on any atom is 0.327 e. The third-order valence-corrected chi connectivity index (χ3v) is 2.51. The first-order chi connectivity index (χ1) is 7.06. The Morgan fingerprint density at radius 1 is 1.40 bits per heavy atom. The Morgan fingerprint density at radius 3 is 2.40 bits per heavy atom. The number of nitrogens with one attached hydrogen (secondary N) is 1. The zero-order valence-electron chi connectivity index (χ0n) is 8.38. The summed E-state index contributed by atoms with van der Waals surface area (Å²) in [5.41, 5.74) is 0.540. The lowest BCUT2D eigenvalue weighted by atomic mass is 10.2. The minimum Gasteiger partial charge on any atom is -0.467 e. The van der Waals surface area contributed by atoms with E-state index in [1.54, 1.807) is 25.1 Å². The molecule has 0 fully saturated rings. The molecule has 0 saturated heterocycles. The number of benzene rings is 1. The zero-order valence-corrected chi connectivity index (χ0v) is 9.89. The van der Waals surface area contributed by atoms with Crippen LogP contribution in [0.3, 0.4) is 0 Å². The van der Waals surface area contributed by atoms with Crippen molar-refractivity contribution in [3.05, 3.63) is 28.2 Å². The van der Waals surface area contributed by atoms with Crippen molar-refractivity contribution in [3.63, 3.8) is 0 Å². The predicted molar refractivity (Wildman–Crippen MR) is 61.6 cm³/mol. The van der Waals surface area contributed by atoms with Gasteiger partial charge >= 0.3 is 5.97 Å². The van der Waals surface area contributed by atoms with Crippen molar-refractivity contribution in [1.29, 1.82) is 0 Å². The highest BCUT2D eigenvalue weighted by Crippen LogP contribution is 2.30. The summed E-state index contributed by atoms with van der Waals surface area (Å²) in [4.78, 5) is 11.2. The number of hydrogen-bond donors (Lipinski definition) is 1. The quantitative estimate of drug-likeness (QED) is 0.835. The summed E-state index contributed by atoms with van der Waals surface area (Å²) in [6, 6.07) is 4.63. The molecule has 0 aliphatic carbocycles. The fourth-order valence-electron chi connectivity index (χ4n) is 1.09. The molecular formula is C10H11Cl2NO2. The average molecular weight is 248 g/mol. The first-order valence-corrected chi connectivity index (χ1v) is 5.10. The van der Waals surface area contributed by atoms with Crippen LogP contribution in [0.2, 0.25) is 10.0 Å². The van der Waals surface area contributed by atoms with Crippen LogP contribution in [0.5, 0.6) is 0 Å². The van der Waals surface area contributed by atoms with Gasteiger partial charge in [-0.25, -0.2) is 4.79 Å². The van der Waals surface area contributed by atoms with Crippen LogP contribution in [0.15, 0.2) is 18.2 Å². The van der Waals surface area contributed by atoms with Crippen molar-refractivity contribution in [2.24, 2.45) is 0 Å².